The van der Waals surface area contributed by atoms with Crippen molar-refractivity contribution >= 4 is 21.4 Å². The number of rotatable bonds is 0. The summed E-state index contributed by atoms with van der Waals surface area (Å²) in [7, 11) is 0. The molecule has 0 bridgehead atoms. The molecule has 4 rings (SSSR count). The maximum atomic E-state index is 2.44. The van der Waals surface area contributed by atoms with Crippen LogP contribution in [-0.2, 0) is 10.8 Å². The maximum Gasteiger partial charge on any atom is 0.0345 e. The van der Waals surface area contributed by atoms with E-state index in [4.69, 9.17) is 0 Å². The van der Waals surface area contributed by atoms with E-state index in [1.165, 1.54) is 22.9 Å². The second-order valence-electron chi connectivity index (χ2n) is 5.52. The Hall–Kier alpha value is -0.820. The van der Waals surface area contributed by atoms with Gasteiger partial charge in [-0.25, -0.2) is 0 Å². The lowest BCUT2D eigenvalue weighted by atomic mass is 9.37. The minimum Gasteiger partial charge on any atom is -0.144 e. The summed E-state index contributed by atoms with van der Waals surface area (Å²) in [6.45, 7) is 4.88. The third-order valence-electron chi connectivity index (χ3n) is 5.12. The van der Waals surface area contributed by atoms with Crippen LogP contribution in [0.3, 0.4) is 0 Å². The van der Waals surface area contributed by atoms with Crippen LogP contribution in [-0.4, -0.2) is 0 Å². The van der Waals surface area contributed by atoms with E-state index >= 15 is 0 Å². The van der Waals surface area contributed by atoms with Crippen LogP contribution in [0.4, 0.5) is 0 Å². The van der Waals surface area contributed by atoms with Crippen LogP contribution in [0.15, 0.2) is 23.6 Å². The van der Waals surface area contributed by atoms with Crippen LogP contribution < -0.4 is 0 Å². The Morgan fingerprint density at radius 1 is 1.07 bits per heavy atom. The molecule has 0 saturated heterocycles. The summed E-state index contributed by atoms with van der Waals surface area (Å²) in [5.41, 5.74) is 4.26. The first kappa shape index (κ1) is 8.35. The van der Waals surface area contributed by atoms with Crippen molar-refractivity contribution in [3.63, 3.8) is 0 Å². The van der Waals surface area contributed by atoms with Crippen molar-refractivity contribution < 1.29 is 0 Å². The second-order valence-corrected chi connectivity index (χ2v) is 6.47. The molecule has 2 aliphatic carbocycles. The lowest BCUT2D eigenvalue weighted by Gasteiger charge is -2.66. The van der Waals surface area contributed by atoms with Gasteiger partial charge in [0.2, 0.25) is 0 Å². The average Bonchev–Trinajstić information content (AvgIpc) is 2.70. The largest absolute Gasteiger partial charge is 0.144 e. The molecule has 1 heterocycles. The molecule has 1 fully saturated rings. The third-order valence-corrected chi connectivity index (χ3v) is 6.00. The van der Waals surface area contributed by atoms with Crippen molar-refractivity contribution in [3.05, 3.63) is 34.7 Å². The Morgan fingerprint density at radius 3 is 2.40 bits per heavy atom. The Bertz CT molecular complexity index is 530. The lowest BCUT2D eigenvalue weighted by Crippen LogP contribution is -2.62. The summed E-state index contributed by atoms with van der Waals surface area (Å²) >= 11 is 1.87. The standard InChI is InChI=1S/C14H14S/c1-13-4-5-14(13,2)11-8-12-9(3-6-15-12)7-10(11)13/h3,6-8H,4-5H2,1-2H3/t13?,14-/m1/s1. The minimum atomic E-state index is 0.498. The van der Waals surface area contributed by atoms with E-state index in [9.17, 15) is 0 Å². The molecule has 0 nitrogen and oxygen atoms in total. The summed E-state index contributed by atoms with van der Waals surface area (Å²) in [4.78, 5) is 0. The van der Waals surface area contributed by atoms with Gasteiger partial charge in [0.05, 0.1) is 0 Å². The second kappa shape index (κ2) is 2.15. The monoisotopic (exact) mass is 214 g/mol. The highest BCUT2D eigenvalue weighted by molar-refractivity contribution is 7.17. The van der Waals surface area contributed by atoms with E-state index in [2.05, 4.69) is 37.4 Å². The summed E-state index contributed by atoms with van der Waals surface area (Å²) in [5.74, 6) is 0. The van der Waals surface area contributed by atoms with Gasteiger partial charge in [-0.2, -0.15) is 0 Å². The van der Waals surface area contributed by atoms with Crippen molar-refractivity contribution in [2.75, 3.05) is 0 Å². The fraction of sp³-hybridized carbons (Fsp3) is 0.429. The SMILES string of the molecule is CC12CC[C@]1(C)c1cc3sccc3cc12. The van der Waals surface area contributed by atoms with Crippen molar-refractivity contribution in [2.24, 2.45) is 0 Å². The maximum absolute atomic E-state index is 2.44. The molecule has 2 atom stereocenters. The molecule has 15 heavy (non-hydrogen) atoms. The van der Waals surface area contributed by atoms with Crippen LogP contribution in [0.25, 0.3) is 10.1 Å². The number of fused-ring (bicyclic) bond motifs is 5. The predicted octanol–water partition coefficient (Wildman–Crippen LogP) is 4.22. The van der Waals surface area contributed by atoms with Gasteiger partial charge in [0, 0.05) is 15.5 Å². The summed E-state index contributed by atoms with van der Waals surface area (Å²) in [5, 5.41) is 3.64. The van der Waals surface area contributed by atoms with Gasteiger partial charge in [-0.1, -0.05) is 13.8 Å². The smallest absolute Gasteiger partial charge is 0.0345 e. The molecule has 1 saturated carbocycles. The van der Waals surface area contributed by atoms with Crippen molar-refractivity contribution in [1.29, 1.82) is 0 Å². The minimum absolute atomic E-state index is 0.498. The van der Waals surface area contributed by atoms with Crippen LogP contribution in [0.5, 0.6) is 0 Å². The van der Waals surface area contributed by atoms with Gasteiger partial charge in [0.1, 0.15) is 0 Å². The van der Waals surface area contributed by atoms with Gasteiger partial charge in [-0.05, 0) is 52.9 Å². The molecule has 1 aromatic carbocycles. The van der Waals surface area contributed by atoms with Crippen molar-refractivity contribution in [2.45, 2.75) is 37.5 Å². The van der Waals surface area contributed by atoms with Crippen LogP contribution in [0.2, 0.25) is 0 Å². The molecule has 0 amide bonds. The first-order chi connectivity index (χ1) is 7.15. The fourth-order valence-corrected chi connectivity index (χ4v) is 4.41. The zero-order valence-corrected chi connectivity index (χ0v) is 9.95. The van der Waals surface area contributed by atoms with Crippen molar-refractivity contribution in [3.8, 4) is 0 Å². The van der Waals surface area contributed by atoms with Gasteiger partial charge < -0.3 is 0 Å². The number of hydrogen-bond acceptors (Lipinski definition) is 1. The van der Waals surface area contributed by atoms with Crippen LogP contribution in [0, 0.1) is 0 Å². The Morgan fingerprint density at radius 2 is 1.73 bits per heavy atom. The molecular weight excluding hydrogens is 200 g/mol. The summed E-state index contributed by atoms with van der Waals surface area (Å²) in [6.07, 6.45) is 2.76. The van der Waals surface area contributed by atoms with Gasteiger partial charge in [0.25, 0.3) is 0 Å². The number of benzene rings is 1. The number of hydrogen-bond donors (Lipinski definition) is 0. The predicted molar refractivity (Wildman–Crippen MR) is 65.8 cm³/mol. The zero-order chi connectivity index (χ0) is 10.3. The third kappa shape index (κ3) is 0.681. The van der Waals surface area contributed by atoms with Gasteiger partial charge in [-0.15, -0.1) is 11.3 Å². The van der Waals surface area contributed by atoms with Gasteiger partial charge >= 0.3 is 0 Å². The quantitative estimate of drug-likeness (QED) is 0.616. The molecule has 0 spiro atoms. The molecule has 0 aliphatic heterocycles. The van der Waals surface area contributed by atoms with Crippen LogP contribution in [0.1, 0.15) is 37.8 Å². The molecule has 2 aromatic rings. The van der Waals surface area contributed by atoms with E-state index in [1.807, 2.05) is 11.3 Å². The molecule has 1 unspecified atom stereocenters. The first-order valence-corrected chi connectivity index (χ1v) is 6.55. The topological polar surface area (TPSA) is 0 Å². The molecule has 76 valence electrons. The van der Waals surface area contributed by atoms with Crippen LogP contribution >= 0.6 is 11.3 Å². The lowest BCUT2D eigenvalue weighted by molar-refractivity contribution is 0.0615. The molecule has 1 heteroatoms. The summed E-state index contributed by atoms with van der Waals surface area (Å²) in [6, 6.07) is 7.12. The summed E-state index contributed by atoms with van der Waals surface area (Å²) < 4.78 is 1.46. The highest BCUT2D eigenvalue weighted by Gasteiger charge is 2.63. The highest BCUT2D eigenvalue weighted by atomic mass is 32.1. The van der Waals surface area contributed by atoms with Gasteiger partial charge in [-0.3, -0.25) is 0 Å². The van der Waals surface area contributed by atoms with E-state index in [0.29, 0.717) is 10.8 Å². The Labute approximate surface area is 93.9 Å². The average molecular weight is 214 g/mol. The molecule has 0 radical (unpaired) electrons. The highest BCUT2D eigenvalue weighted by Crippen LogP contribution is 2.68. The first-order valence-electron chi connectivity index (χ1n) is 5.67. The normalized spacial score (nSPS) is 36.7. The van der Waals surface area contributed by atoms with Crippen molar-refractivity contribution in [1.82, 2.24) is 0 Å². The fourth-order valence-electron chi connectivity index (χ4n) is 3.60. The molecule has 1 aromatic heterocycles. The zero-order valence-electron chi connectivity index (χ0n) is 9.13. The Kier molecular flexibility index (Phi) is 1.19. The van der Waals surface area contributed by atoms with Gasteiger partial charge in [0.15, 0.2) is 0 Å². The van der Waals surface area contributed by atoms with E-state index in [-0.39, 0.29) is 0 Å². The van der Waals surface area contributed by atoms with E-state index in [1.54, 1.807) is 11.1 Å². The van der Waals surface area contributed by atoms with E-state index < -0.39 is 0 Å². The Balaban J connectivity index is 2.10. The van der Waals surface area contributed by atoms with E-state index in [0.717, 1.165) is 0 Å². The molecule has 2 aliphatic rings. The molecular formula is C14H14S. The number of thiophene rings is 1. The molecule has 0 N–H and O–H groups in total.